The number of likely N-dealkylation sites (N-methyl/N-ethyl adjacent to an activating group) is 1. The standard InChI is InChI=1S/C11H23N3O2/c1-13(2)9-5-4-6-14(7-9)11(15)10(12)8-16-3/h9-10H,4-8,12H2,1-3H3. The minimum absolute atomic E-state index is 0.00778. The van der Waals surface area contributed by atoms with Gasteiger partial charge < -0.3 is 20.3 Å². The van der Waals surface area contributed by atoms with Crippen LogP contribution in [0.3, 0.4) is 0 Å². The zero-order valence-electron chi connectivity index (χ0n) is 10.5. The van der Waals surface area contributed by atoms with Gasteiger partial charge >= 0.3 is 0 Å². The van der Waals surface area contributed by atoms with Crippen LogP contribution in [0, 0.1) is 0 Å². The number of methoxy groups -OCH3 is 1. The summed E-state index contributed by atoms with van der Waals surface area (Å²) in [6.07, 6.45) is 2.20. The molecule has 2 atom stereocenters. The highest BCUT2D eigenvalue weighted by atomic mass is 16.5. The quantitative estimate of drug-likeness (QED) is 0.707. The summed E-state index contributed by atoms with van der Waals surface area (Å²) in [7, 11) is 5.66. The van der Waals surface area contributed by atoms with Gasteiger partial charge in [0.05, 0.1) is 6.61 Å². The number of rotatable bonds is 4. The fourth-order valence-electron chi connectivity index (χ4n) is 2.06. The summed E-state index contributed by atoms with van der Waals surface area (Å²) < 4.78 is 4.91. The van der Waals surface area contributed by atoms with Crippen LogP contribution in [-0.4, -0.2) is 68.7 Å². The highest BCUT2D eigenvalue weighted by Crippen LogP contribution is 2.14. The molecule has 1 saturated heterocycles. The highest BCUT2D eigenvalue weighted by molar-refractivity contribution is 5.81. The Labute approximate surface area is 97.5 Å². The van der Waals surface area contributed by atoms with Crippen molar-refractivity contribution >= 4 is 5.91 Å². The SMILES string of the molecule is COCC(N)C(=O)N1CCCC(N(C)C)C1. The van der Waals surface area contributed by atoms with Gasteiger partial charge in [-0.1, -0.05) is 0 Å². The van der Waals surface area contributed by atoms with Gasteiger partial charge in [0.25, 0.3) is 0 Å². The number of hydrogen-bond acceptors (Lipinski definition) is 4. The Bertz CT molecular complexity index is 233. The third kappa shape index (κ3) is 3.43. The van der Waals surface area contributed by atoms with Crippen LogP contribution in [0.1, 0.15) is 12.8 Å². The molecule has 0 saturated carbocycles. The second kappa shape index (κ2) is 6.18. The monoisotopic (exact) mass is 229 g/mol. The maximum atomic E-state index is 12.0. The van der Waals surface area contributed by atoms with E-state index in [1.165, 1.54) is 0 Å². The summed E-state index contributed by atoms with van der Waals surface area (Å²) >= 11 is 0. The summed E-state index contributed by atoms with van der Waals surface area (Å²) in [5.74, 6) is 0.00778. The third-order valence-corrected chi connectivity index (χ3v) is 3.10. The van der Waals surface area contributed by atoms with Gasteiger partial charge in [0, 0.05) is 26.2 Å². The van der Waals surface area contributed by atoms with Crippen molar-refractivity contribution in [3.05, 3.63) is 0 Å². The van der Waals surface area contributed by atoms with Crippen molar-refractivity contribution in [1.29, 1.82) is 0 Å². The van der Waals surface area contributed by atoms with Crippen LogP contribution < -0.4 is 5.73 Å². The van der Waals surface area contributed by atoms with Crippen molar-refractivity contribution in [1.82, 2.24) is 9.80 Å². The van der Waals surface area contributed by atoms with Crippen molar-refractivity contribution < 1.29 is 9.53 Å². The molecule has 5 heteroatoms. The average molecular weight is 229 g/mol. The Kier molecular flexibility index (Phi) is 5.18. The molecule has 5 nitrogen and oxygen atoms in total. The van der Waals surface area contributed by atoms with E-state index >= 15 is 0 Å². The van der Waals surface area contributed by atoms with Crippen LogP contribution in [0.2, 0.25) is 0 Å². The van der Waals surface area contributed by atoms with Gasteiger partial charge in [-0.2, -0.15) is 0 Å². The van der Waals surface area contributed by atoms with Gasteiger partial charge in [0.2, 0.25) is 5.91 Å². The molecule has 16 heavy (non-hydrogen) atoms. The molecule has 1 aliphatic heterocycles. The van der Waals surface area contributed by atoms with E-state index in [0.29, 0.717) is 12.6 Å². The Hall–Kier alpha value is -0.650. The Morgan fingerprint density at radius 3 is 2.88 bits per heavy atom. The summed E-state index contributed by atoms with van der Waals surface area (Å²) in [4.78, 5) is 16.0. The maximum Gasteiger partial charge on any atom is 0.241 e. The fraction of sp³-hybridized carbons (Fsp3) is 0.909. The summed E-state index contributed by atoms with van der Waals surface area (Å²) in [6, 6.07) is -0.0710. The van der Waals surface area contributed by atoms with Crippen LogP contribution in [0.15, 0.2) is 0 Å². The lowest BCUT2D eigenvalue weighted by molar-refractivity contribution is -0.135. The normalized spacial score (nSPS) is 23.6. The van der Waals surface area contributed by atoms with Gasteiger partial charge in [0.15, 0.2) is 0 Å². The fourth-order valence-corrected chi connectivity index (χ4v) is 2.06. The number of amides is 1. The predicted molar refractivity (Wildman–Crippen MR) is 63.1 cm³/mol. The van der Waals surface area contributed by atoms with Crippen molar-refractivity contribution in [3.63, 3.8) is 0 Å². The average Bonchev–Trinajstić information content (AvgIpc) is 2.28. The Morgan fingerprint density at radius 1 is 1.62 bits per heavy atom. The third-order valence-electron chi connectivity index (χ3n) is 3.10. The largest absolute Gasteiger partial charge is 0.383 e. The predicted octanol–water partition coefficient (Wildman–Crippen LogP) is -0.487. The lowest BCUT2D eigenvalue weighted by atomic mass is 10.0. The lowest BCUT2D eigenvalue weighted by Crippen LogP contribution is -2.53. The van der Waals surface area contributed by atoms with E-state index < -0.39 is 6.04 Å². The summed E-state index contributed by atoms with van der Waals surface area (Å²) in [5.41, 5.74) is 5.75. The van der Waals surface area contributed by atoms with E-state index in [0.717, 1.165) is 25.9 Å². The molecule has 0 aromatic rings. The van der Waals surface area contributed by atoms with Gasteiger partial charge in [-0.3, -0.25) is 4.79 Å². The minimum Gasteiger partial charge on any atom is -0.383 e. The van der Waals surface area contributed by atoms with Crippen molar-refractivity contribution in [2.45, 2.75) is 24.9 Å². The van der Waals surface area contributed by atoms with Gasteiger partial charge in [-0.05, 0) is 26.9 Å². The molecule has 2 unspecified atom stereocenters. The number of carbonyl (C=O) groups excluding carboxylic acids is 1. The number of likely N-dealkylation sites (tertiary alicyclic amines) is 1. The van der Waals surface area contributed by atoms with Crippen LogP contribution >= 0.6 is 0 Å². The first-order chi connectivity index (χ1) is 7.56. The molecule has 1 heterocycles. The summed E-state index contributed by atoms with van der Waals surface area (Å²) in [6.45, 7) is 1.89. The smallest absolute Gasteiger partial charge is 0.241 e. The molecular weight excluding hydrogens is 206 g/mol. The molecule has 1 fully saturated rings. The minimum atomic E-state index is -0.522. The number of carbonyl (C=O) groups is 1. The van der Waals surface area contributed by atoms with Crippen molar-refractivity contribution in [3.8, 4) is 0 Å². The number of ether oxygens (including phenoxy) is 1. The molecule has 0 radical (unpaired) electrons. The Balaban J connectivity index is 2.49. The van der Waals surface area contributed by atoms with Crippen LogP contribution in [0.25, 0.3) is 0 Å². The molecule has 0 bridgehead atoms. The first-order valence-electron chi connectivity index (χ1n) is 5.76. The molecule has 0 aliphatic carbocycles. The van der Waals surface area contributed by atoms with Crippen LogP contribution in [-0.2, 0) is 9.53 Å². The molecular formula is C11H23N3O2. The number of nitrogens with two attached hydrogens (primary N) is 1. The van der Waals surface area contributed by atoms with Gasteiger partial charge in [0.1, 0.15) is 6.04 Å². The Morgan fingerprint density at radius 2 is 2.31 bits per heavy atom. The molecule has 1 amide bonds. The van der Waals surface area contributed by atoms with E-state index in [2.05, 4.69) is 4.90 Å². The number of piperidine rings is 1. The molecule has 1 aliphatic rings. The van der Waals surface area contributed by atoms with E-state index in [1.54, 1.807) is 7.11 Å². The van der Waals surface area contributed by atoms with Crippen LogP contribution in [0.4, 0.5) is 0 Å². The van der Waals surface area contributed by atoms with E-state index in [9.17, 15) is 4.79 Å². The van der Waals surface area contributed by atoms with Crippen molar-refractivity contribution in [2.75, 3.05) is 40.9 Å². The van der Waals surface area contributed by atoms with Gasteiger partial charge in [-0.15, -0.1) is 0 Å². The van der Waals surface area contributed by atoms with E-state index in [-0.39, 0.29) is 5.91 Å². The molecule has 2 N–H and O–H groups in total. The van der Waals surface area contributed by atoms with E-state index in [4.69, 9.17) is 10.5 Å². The first kappa shape index (κ1) is 13.4. The highest BCUT2D eigenvalue weighted by Gasteiger charge is 2.27. The first-order valence-corrected chi connectivity index (χ1v) is 5.76. The van der Waals surface area contributed by atoms with E-state index in [1.807, 2.05) is 19.0 Å². The summed E-state index contributed by atoms with van der Waals surface area (Å²) in [5, 5.41) is 0. The molecule has 0 aromatic carbocycles. The van der Waals surface area contributed by atoms with Crippen molar-refractivity contribution in [2.24, 2.45) is 5.73 Å². The topological polar surface area (TPSA) is 58.8 Å². The zero-order valence-corrected chi connectivity index (χ0v) is 10.5. The molecule has 0 aromatic heterocycles. The zero-order chi connectivity index (χ0) is 12.1. The molecule has 94 valence electrons. The maximum absolute atomic E-state index is 12.0. The molecule has 0 spiro atoms. The number of hydrogen-bond donors (Lipinski definition) is 1. The second-order valence-electron chi connectivity index (χ2n) is 4.61. The molecule has 1 rings (SSSR count). The number of nitrogens with zero attached hydrogens (tertiary/aromatic N) is 2. The van der Waals surface area contributed by atoms with Crippen LogP contribution in [0.5, 0.6) is 0 Å². The lowest BCUT2D eigenvalue weighted by Gasteiger charge is -2.37. The van der Waals surface area contributed by atoms with Gasteiger partial charge in [-0.25, -0.2) is 0 Å². The second-order valence-corrected chi connectivity index (χ2v) is 4.61.